The van der Waals surface area contributed by atoms with Crippen LogP contribution in [0.4, 0.5) is 0 Å². The zero-order chi connectivity index (χ0) is 10.1. The average molecular weight is 186 g/mol. The lowest BCUT2D eigenvalue weighted by Gasteiger charge is -2.02. The molecule has 0 fully saturated rings. The van der Waals surface area contributed by atoms with E-state index in [1.807, 2.05) is 0 Å². The van der Waals surface area contributed by atoms with E-state index in [0.29, 0.717) is 0 Å². The second kappa shape index (κ2) is 6.87. The van der Waals surface area contributed by atoms with Crippen LogP contribution in [0.5, 0.6) is 0 Å². The fraction of sp³-hybridized carbons (Fsp3) is 0.500. The molecule has 0 bridgehead atoms. The summed E-state index contributed by atoms with van der Waals surface area (Å²) < 4.78 is 4.32. The van der Waals surface area contributed by atoms with E-state index in [-0.39, 0.29) is 13.2 Å². The molecule has 0 radical (unpaired) electrons. The number of hydrogen-bond acceptors (Lipinski definition) is 7. The van der Waals surface area contributed by atoms with E-state index in [1.165, 1.54) is 6.08 Å². The topological polar surface area (TPSA) is 105 Å². The van der Waals surface area contributed by atoms with Crippen LogP contribution in [0.25, 0.3) is 0 Å². The highest BCUT2D eigenvalue weighted by molar-refractivity contribution is 5.74. The number of ether oxygens (including phenoxy) is 1. The normalized spacial score (nSPS) is 10.5. The van der Waals surface area contributed by atoms with Crippen LogP contribution in [0, 0.1) is 0 Å². The van der Waals surface area contributed by atoms with Gasteiger partial charge in [-0.1, -0.05) is 0 Å². The Morgan fingerprint density at radius 3 is 2.69 bits per heavy atom. The van der Waals surface area contributed by atoms with E-state index in [2.05, 4.69) is 14.7 Å². The molecule has 0 aliphatic heterocycles. The molecule has 0 aliphatic carbocycles. The minimum Gasteiger partial charge on any atom is -0.460 e. The number of isocyanates is 2. The number of carbonyl (C=O) groups excluding carboxylic acids is 3. The molecule has 7 nitrogen and oxygen atoms in total. The Morgan fingerprint density at radius 1 is 1.46 bits per heavy atom. The van der Waals surface area contributed by atoms with Crippen LogP contribution < -0.4 is 0 Å². The summed E-state index contributed by atoms with van der Waals surface area (Å²) in [7, 11) is 0. The van der Waals surface area contributed by atoms with E-state index in [0.717, 1.165) is 6.08 Å². The zero-order valence-corrected chi connectivity index (χ0v) is 6.47. The second-order valence-corrected chi connectivity index (χ2v) is 1.73. The van der Waals surface area contributed by atoms with E-state index in [9.17, 15) is 14.4 Å². The number of esters is 1. The van der Waals surface area contributed by atoms with Crippen molar-refractivity contribution in [1.29, 1.82) is 0 Å². The van der Waals surface area contributed by atoms with Gasteiger partial charge in [-0.15, -0.1) is 0 Å². The van der Waals surface area contributed by atoms with Crippen molar-refractivity contribution >= 4 is 18.1 Å². The highest BCUT2D eigenvalue weighted by Crippen LogP contribution is 1.88. The van der Waals surface area contributed by atoms with E-state index in [4.69, 9.17) is 5.11 Å². The molecular formula is C6H6N2O5. The number of aliphatic imine (C=N–C) groups is 2. The van der Waals surface area contributed by atoms with Gasteiger partial charge in [0.15, 0.2) is 0 Å². The fourth-order valence-corrected chi connectivity index (χ4v) is 0.415. The molecule has 0 heterocycles. The van der Waals surface area contributed by atoms with Gasteiger partial charge in [0.2, 0.25) is 12.2 Å². The summed E-state index contributed by atoms with van der Waals surface area (Å²) >= 11 is 0. The lowest BCUT2D eigenvalue weighted by Crippen LogP contribution is -2.21. The summed E-state index contributed by atoms with van der Waals surface area (Å²) in [4.78, 5) is 35.5. The average Bonchev–Trinajstić information content (AvgIpc) is 2.12. The largest absolute Gasteiger partial charge is 0.460 e. The standard InChI is InChI=1S/C6H6N2O5/c9-3-7-1-2-13-6(12)5(11)8-4-10/h5,11H,1-2H2. The smallest absolute Gasteiger partial charge is 0.359 e. The molecule has 0 saturated heterocycles. The van der Waals surface area contributed by atoms with Crippen LogP contribution in [0.3, 0.4) is 0 Å². The van der Waals surface area contributed by atoms with Gasteiger partial charge in [-0.25, -0.2) is 19.4 Å². The molecule has 0 aromatic carbocycles. The SMILES string of the molecule is O=C=NCCOC(=O)C(O)N=C=O. The van der Waals surface area contributed by atoms with Crippen molar-refractivity contribution in [1.82, 2.24) is 0 Å². The summed E-state index contributed by atoms with van der Waals surface area (Å²) in [5.74, 6) is -1.09. The number of hydrogen-bond donors (Lipinski definition) is 1. The maximum absolute atomic E-state index is 10.6. The Morgan fingerprint density at radius 2 is 2.15 bits per heavy atom. The van der Waals surface area contributed by atoms with Gasteiger partial charge in [-0.2, -0.15) is 4.99 Å². The van der Waals surface area contributed by atoms with Crippen molar-refractivity contribution in [3.05, 3.63) is 0 Å². The number of aliphatic hydroxyl groups excluding tert-OH is 1. The zero-order valence-electron chi connectivity index (χ0n) is 6.47. The third kappa shape index (κ3) is 5.46. The Bertz CT molecular complexity index is 264. The summed E-state index contributed by atoms with van der Waals surface area (Å²) in [5, 5.41) is 8.66. The summed E-state index contributed by atoms with van der Waals surface area (Å²) in [6, 6.07) is 0. The second-order valence-electron chi connectivity index (χ2n) is 1.73. The van der Waals surface area contributed by atoms with Gasteiger partial charge in [0.25, 0.3) is 6.23 Å². The number of nitrogens with zero attached hydrogens (tertiary/aromatic N) is 2. The number of carbonyl (C=O) groups is 1. The molecule has 1 N–H and O–H groups in total. The summed E-state index contributed by atoms with van der Waals surface area (Å²) in [6.45, 7) is -0.230. The van der Waals surface area contributed by atoms with Crippen LogP contribution >= 0.6 is 0 Å². The first kappa shape index (κ1) is 11.2. The van der Waals surface area contributed by atoms with Gasteiger partial charge in [0, 0.05) is 0 Å². The van der Waals surface area contributed by atoms with Gasteiger partial charge in [0.1, 0.15) is 6.61 Å². The van der Waals surface area contributed by atoms with Crippen molar-refractivity contribution in [2.45, 2.75) is 6.23 Å². The Kier molecular flexibility index (Phi) is 5.92. The molecule has 0 aliphatic rings. The van der Waals surface area contributed by atoms with Gasteiger partial charge in [0.05, 0.1) is 6.54 Å². The van der Waals surface area contributed by atoms with Crippen LogP contribution in [0.2, 0.25) is 0 Å². The van der Waals surface area contributed by atoms with E-state index in [1.54, 1.807) is 0 Å². The third-order valence-electron chi connectivity index (χ3n) is 0.898. The number of aliphatic hydroxyl groups is 1. The molecule has 1 unspecified atom stereocenters. The Hall–Kier alpha value is -1.81. The molecule has 1 atom stereocenters. The molecule has 7 heteroatoms. The lowest BCUT2D eigenvalue weighted by molar-refractivity contribution is -0.152. The van der Waals surface area contributed by atoms with Crippen molar-refractivity contribution < 1.29 is 24.2 Å². The molecule has 0 saturated carbocycles. The van der Waals surface area contributed by atoms with E-state index < -0.39 is 12.2 Å². The maximum atomic E-state index is 10.6. The van der Waals surface area contributed by atoms with E-state index >= 15 is 0 Å². The number of rotatable bonds is 5. The quantitative estimate of drug-likeness (QED) is 0.244. The first-order valence-corrected chi connectivity index (χ1v) is 3.17. The van der Waals surface area contributed by atoms with Crippen molar-refractivity contribution in [2.75, 3.05) is 13.2 Å². The van der Waals surface area contributed by atoms with Crippen molar-refractivity contribution in [2.24, 2.45) is 9.98 Å². The van der Waals surface area contributed by atoms with Crippen LogP contribution in [0.15, 0.2) is 9.98 Å². The van der Waals surface area contributed by atoms with Crippen LogP contribution in [0.1, 0.15) is 0 Å². The summed E-state index contributed by atoms with van der Waals surface area (Å²) in [5.41, 5.74) is 0. The first-order chi connectivity index (χ1) is 6.22. The molecule has 13 heavy (non-hydrogen) atoms. The molecule has 0 amide bonds. The van der Waals surface area contributed by atoms with Gasteiger partial charge >= 0.3 is 5.97 Å². The van der Waals surface area contributed by atoms with Gasteiger partial charge in [-0.3, -0.25) is 0 Å². The Balaban J connectivity index is 3.73. The Labute approximate surface area is 72.7 Å². The minimum atomic E-state index is -1.86. The highest BCUT2D eigenvalue weighted by atomic mass is 16.5. The van der Waals surface area contributed by atoms with Crippen molar-refractivity contribution in [3.63, 3.8) is 0 Å². The summed E-state index contributed by atoms with van der Waals surface area (Å²) in [6.07, 6.45) is 0.356. The predicted molar refractivity (Wildman–Crippen MR) is 38.1 cm³/mol. The van der Waals surface area contributed by atoms with Crippen molar-refractivity contribution in [3.8, 4) is 0 Å². The molecule has 0 rings (SSSR count). The molecule has 0 aromatic rings. The maximum Gasteiger partial charge on any atom is 0.359 e. The monoisotopic (exact) mass is 186 g/mol. The first-order valence-electron chi connectivity index (χ1n) is 3.17. The van der Waals surface area contributed by atoms with Crippen LogP contribution in [-0.4, -0.2) is 42.6 Å². The molecule has 0 aromatic heterocycles. The molecule has 70 valence electrons. The highest BCUT2D eigenvalue weighted by Gasteiger charge is 2.14. The minimum absolute atomic E-state index is 0.0488. The molecule has 0 spiro atoms. The molecular weight excluding hydrogens is 180 g/mol. The predicted octanol–water partition coefficient (Wildman–Crippen LogP) is -1.48. The van der Waals surface area contributed by atoms with Gasteiger partial charge in [-0.05, 0) is 0 Å². The van der Waals surface area contributed by atoms with Gasteiger partial charge < -0.3 is 9.84 Å². The lowest BCUT2D eigenvalue weighted by atomic mass is 10.6. The fourth-order valence-electron chi connectivity index (χ4n) is 0.415. The van der Waals surface area contributed by atoms with Crippen LogP contribution in [-0.2, 0) is 19.1 Å². The third-order valence-corrected chi connectivity index (χ3v) is 0.898.